The van der Waals surface area contributed by atoms with Crippen molar-refractivity contribution >= 4 is 29.1 Å². The van der Waals surface area contributed by atoms with Crippen LogP contribution in [-0.4, -0.2) is 30.9 Å². The third kappa shape index (κ3) is 4.56. The highest BCUT2D eigenvalue weighted by molar-refractivity contribution is 7.98. The summed E-state index contributed by atoms with van der Waals surface area (Å²) in [5, 5.41) is 8.52. The topological polar surface area (TPSA) is 66.6 Å². The number of anilines is 2. The number of thioether (sulfide) groups is 1. The SMILES string of the molecule is CN(C)c1ccc(CSCCC(=O)O)c(N)c1. The largest absolute Gasteiger partial charge is 0.481 e. The van der Waals surface area contributed by atoms with E-state index in [0.29, 0.717) is 5.75 Å². The summed E-state index contributed by atoms with van der Waals surface area (Å²) in [7, 11) is 3.94. The minimum atomic E-state index is -0.756. The molecule has 0 spiro atoms. The normalized spacial score (nSPS) is 10.2. The van der Waals surface area contributed by atoms with Crippen molar-refractivity contribution in [3.8, 4) is 0 Å². The van der Waals surface area contributed by atoms with E-state index in [0.717, 1.165) is 22.7 Å². The van der Waals surface area contributed by atoms with Gasteiger partial charge in [-0.3, -0.25) is 4.79 Å². The van der Waals surface area contributed by atoms with Crippen LogP contribution in [0.25, 0.3) is 0 Å². The van der Waals surface area contributed by atoms with Crippen LogP contribution < -0.4 is 10.6 Å². The van der Waals surface area contributed by atoms with Crippen molar-refractivity contribution in [3.63, 3.8) is 0 Å². The summed E-state index contributed by atoms with van der Waals surface area (Å²) in [6, 6.07) is 5.95. The number of nitrogens with two attached hydrogens (primary N) is 1. The molecule has 94 valence electrons. The number of hydrogen-bond acceptors (Lipinski definition) is 4. The molecule has 5 heteroatoms. The molecule has 0 bridgehead atoms. The third-order valence-electron chi connectivity index (χ3n) is 2.36. The van der Waals surface area contributed by atoms with Crippen LogP contribution in [0.5, 0.6) is 0 Å². The first kappa shape index (κ1) is 13.7. The fourth-order valence-electron chi connectivity index (χ4n) is 1.33. The molecule has 1 aromatic rings. The summed E-state index contributed by atoms with van der Waals surface area (Å²) >= 11 is 1.59. The molecule has 0 heterocycles. The first-order valence-corrected chi connectivity index (χ1v) is 6.51. The zero-order chi connectivity index (χ0) is 12.8. The predicted octanol–water partition coefficient (Wildman–Crippen LogP) is 2.04. The molecule has 0 saturated carbocycles. The van der Waals surface area contributed by atoms with E-state index in [1.807, 2.05) is 37.2 Å². The maximum Gasteiger partial charge on any atom is 0.304 e. The number of aliphatic carboxylic acids is 1. The average Bonchev–Trinajstić information content (AvgIpc) is 2.25. The Morgan fingerprint density at radius 3 is 2.71 bits per heavy atom. The lowest BCUT2D eigenvalue weighted by Crippen LogP contribution is -2.09. The molecule has 0 radical (unpaired) electrons. The van der Waals surface area contributed by atoms with E-state index < -0.39 is 5.97 Å². The number of nitrogen functional groups attached to an aromatic ring is 1. The molecule has 17 heavy (non-hydrogen) atoms. The van der Waals surface area contributed by atoms with Crippen LogP contribution in [0.15, 0.2) is 18.2 Å². The summed E-state index contributed by atoms with van der Waals surface area (Å²) < 4.78 is 0. The van der Waals surface area contributed by atoms with Gasteiger partial charge in [0.05, 0.1) is 6.42 Å². The van der Waals surface area contributed by atoms with Gasteiger partial charge in [0.2, 0.25) is 0 Å². The molecule has 0 aliphatic rings. The molecule has 3 N–H and O–H groups in total. The second-order valence-corrected chi connectivity index (χ2v) is 5.08. The molecule has 1 rings (SSSR count). The van der Waals surface area contributed by atoms with Crippen molar-refractivity contribution in [2.24, 2.45) is 0 Å². The van der Waals surface area contributed by atoms with E-state index in [1.165, 1.54) is 0 Å². The van der Waals surface area contributed by atoms with E-state index in [1.54, 1.807) is 11.8 Å². The Kier molecular flexibility index (Phi) is 5.15. The maximum absolute atomic E-state index is 10.4. The highest BCUT2D eigenvalue weighted by Crippen LogP contribution is 2.23. The molecule has 0 fully saturated rings. The van der Waals surface area contributed by atoms with Gasteiger partial charge in [-0.2, -0.15) is 11.8 Å². The number of carboxylic acids is 1. The van der Waals surface area contributed by atoms with Crippen LogP contribution in [0.3, 0.4) is 0 Å². The number of carboxylic acid groups (broad SMARTS) is 1. The van der Waals surface area contributed by atoms with Crippen molar-refractivity contribution in [1.29, 1.82) is 0 Å². The number of benzene rings is 1. The van der Waals surface area contributed by atoms with Gasteiger partial charge in [0.15, 0.2) is 0 Å². The molecule has 1 aromatic carbocycles. The standard InChI is InChI=1S/C12H18N2O2S/c1-14(2)10-4-3-9(11(13)7-10)8-17-6-5-12(15)16/h3-4,7H,5-6,8,13H2,1-2H3,(H,15,16). The van der Waals surface area contributed by atoms with Crippen LogP contribution in [0, 0.1) is 0 Å². The first-order chi connectivity index (χ1) is 8.00. The van der Waals surface area contributed by atoms with Gasteiger partial charge in [-0.1, -0.05) is 6.07 Å². The minimum absolute atomic E-state index is 0.195. The van der Waals surface area contributed by atoms with Crippen LogP contribution in [0.1, 0.15) is 12.0 Å². The molecular formula is C12H18N2O2S. The van der Waals surface area contributed by atoms with Gasteiger partial charge in [-0.15, -0.1) is 0 Å². The Morgan fingerprint density at radius 2 is 2.18 bits per heavy atom. The maximum atomic E-state index is 10.4. The smallest absolute Gasteiger partial charge is 0.304 e. The molecule has 0 aromatic heterocycles. The lowest BCUT2D eigenvalue weighted by atomic mass is 10.2. The second kappa shape index (κ2) is 6.39. The van der Waals surface area contributed by atoms with E-state index in [4.69, 9.17) is 10.8 Å². The van der Waals surface area contributed by atoms with Gasteiger partial charge in [0, 0.05) is 37.0 Å². The molecule has 0 atom stereocenters. The zero-order valence-corrected chi connectivity index (χ0v) is 11.0. The van der Waals surface area contributed by atoms with Gasteiger partial charge in [-0.05, 0) is 17.7 Å². The Bertz CT molecular complexity index is 394. The molecular weight excluding hydrogens is 236 g/mol. The highest BCUT2D eigenvalue weighted by Gasteiger charge is 2.03. The quantitative estimate of drug-likeness (QED) is 0.600. The van der Waals surface area contributed by atoms with Gasteiger partial charge >= 0.3 is 5.97 Å². The Balaban J connectivity index is 2.52. The number of hydrogen-bond donors (Lipinski definition) is 2. The lowest BCUT2D eigenvalue weighted by molar-refractivity contribution is -0.136. The third-order valence-corrected chi connectivity index (χ3v) is 3.37. The molecule has 0 amide bonds. The van der Waals surface area contributed by atoms with Gasteiger partial charge in [-0.25, -0.2) is 0 Å². The molecule has 0 unspecified atom stereocenters. The monoisotopic (exact) mass is 254 g/mol. The van der Waals surface area contributed by atoms with E-state index in [2.05, 4.69) is 0 Å². The number of carbonyl (C=O) groups is 1. The molecule has 0 saturated heterocycles. The van der Waals surface area contributed by atoms with Crippen LogP contribution >= 0.6 is 11.8 Å². The first-order valence-electron chi connectivity index (χ1n) is 5.36. The van der Waals surface area contributed by atoms with Crippen LogP contribution in [0.4, 0.5) is 11.4 Å². The summed E-state index contributed by atoms with van der Waals surface area (Å²) in [6.45, 7) is 0. The van der Waals surface area contributed by atoms with Gasteiger partial charge < -0.3 is 15.7 Å². The van der Waals surface area contributed by atoms with Crippen LogP contribution in [0.2, 0.25) is 0 Å². The molecule has 0 aliphatic carbocycles. The summed E-state index contributed by atoms with van der Waals surface area (Å²) in [5.41, 5.74) is 8.84. The van der Waals surface area contributed by atoms with Crippen LogP contribution in [-0.2, 0) is 10.5 Å². The zero-order valence-electron chi connectivity index (χ0n) is 10.1. The Hall–Kier alpha value is -1.36. The fraction of sp³-hybridized carbons (Fsp3) is 0.417. The highest BCUT2D eigenvalue weighted by atomic mass is 32.2. The fourth-order valence-corrected chi connectivity index (χ4v) is 2.28. The van der Waals surface area contributed by atoms with Crippen molar-refractivity contribution in [2.75, 3.05) is 30.5 Å². The average molecular weight is 254 g/mol. The van der Waals surface area contributed by atoms with Crippen molar-refractivity contribution < 1.29 is 9.90 Å². The molecule has 0 aliphatic heterocycles. The Labute approximate surface area is 106 Å². The predicted molar refractivity (Wildman–Crippen MR) is 73.6 cm³/mol. The number of nitrogens with zero attached hydrogens (tertiary/aromatic N) is 1. The van der Waals surface area contributed by atoms with E-state index >= 15 is 0 Å². The summed E-state index contributed by atoms with van der Waals surface area (Å²) in [4.78, 5) is 12.4. The lowest BCUT2D eigenvalue weighted by Gasteiger charge is -2.14. The molecule has 4 nitrogen and oxygen atoms in total. The second-order valence-electron chi connectivity index (χ2n) is 3.97. The van der Waals surface area contributed by atoms with E-state index in [9.17, 15) is 4.79 Å². The summed E-state index contributed by atoms with van der Waals surface area (Å²) in [5.74, 6) is 0.616. The van der Waals surface area contributed by atoms with E-state index in [-0.39, 0.29) is 6.42 Å². The summed E-state index contributed by atoms with van der Waals surface area (Å²) in [6.07, 6.45) is 0.195. The Morgan fingerprint density at radius 1 is 1.47 bits per heavy atom. The minimum Gasteiger partial charge on any atom is -0.481 e. The van der Waals surface area contributed by atoms with Crippen molar-refractivity contribution in [3.05, 3.63) is 23.8 Å². The van der Waals surface area contributed by atoms with Gasteiger partial charge in [0.1, 0.15) is 0 Å². The number of rotatable bonds is 6. The van der Waals surface area contributed by atoms with Crippen molar-refractivity contribution in [1.82, 2.24) is 0 Å². The van der Waals surface area contributed by atoms with Crippen molar-refractivity contribution in [2.45, 2.75) is 12.2 Å². The van der Waals surface area contributed by atoms with Gasteiger partial charge in [0.25, 0.3) is 0 Å².